The Bertz CT molecular complexity index is 1110. The summed E-state index contributed by atoms with van der Waals surface area (Å²) in [5, 5.41) is 2.74. The fourth-order valence-corrected chi connectivity index (χ4v) is 3.98. The molecule has 28 heavy (non-hydrogen) atoms. The molecule has 7 nitrogen and oxygen atoms in total. The van der Waals surface area contributed by atoms with Gasteiger partial charge >= 0.3 is 0 Å². The van der Waals surface area contributed by atoms with Gasteiger partial charge in [0.15, 0.2) is 0 Å². The highest BCUT2D eigenvalue weighted by Gasteiger charge is 2.16. The van der Waals surface area contributed by atoms with E-state index in [0.717, 1.165) is 0 Å². The van der Waals surface area contributed by atoms with Crippen molar-refractivity contribution in [2.45, 2.75) is 18.7 Å². The maximum atomic E-state index is 12.6. The first-order chi connectivity index (χ1) is 13.2. The van der Waals surface area contributed by atoms with Gasteiger partial charge < -0.3 is 5.32 Å². The van der Waals surface area contributed by atoms with E-state index in [1.807, 2.05) is 6.07 Å². The fourth-order valence-electron chi connectivity index (χ4n) is 2.53. The molecular formula is C19H17BrN4O3S. The average Bonchev–Trinajstić information content (AvgIpc) is 2.61. The van der Waals surface area contributed by atoms with E-state index in [0.29, 0.717) is 27.2 Å². The topological polar surface area (TPSA) is 101 Å². The van der Waals surface area contributed by atoms with Crippen LogP contribution in [0.5, 0.6) is 0 Å². The van der Waals surface area contributed by atoms with E-state index in [2.05, 4.69) is 35.9 Å². The number of carbonyl (C=O) groups is 1. The normalized spacial score (nSPS) is 11.1. The van der Waals surface area contributed by atoms with Crippen LogP contribution in [0, 0.1) is 13.8 Å². The number of hydrogen-bond acceptors (Lipinski definition) is 5. The van der Waals surface area contributed by atoms with Crippen molar-refractivity contribution in [2.75, 3.05) is 10.0 Å². The monoisotopic (exact) mass is 460 g/mol. The van der Waals surface area contributed by atoms with Crippen LogP contribution in [0.2, 0.25) is 0 Å². The zero-order valence-corrected chi connectivity index (χ0v) is 17.5. The number of benzene rings is 2. The number of halogens is 1. The number of nitrogens with zero attached hydrogens (tertiary/aromatic N) is 2. The van der Waals surface area contributed by atoms with E-state index < -0.39 is 10.0 Å². The summed E-state index contributed by atoms with van der Waals surface area (Å²) < 4.78 is 28.2. The predicted molar refractivity (Wildman–Crippen MR) is 111 cm³/mol. The van der Waals surface area contributed by atoms with Crippen molar-refractivity contribution in [1.29, 1.82) is 0 Å². The van der Waals surface area contributed by atoms with Gasteiger partial charge in [-0.15, -0.1) is 0 Å². The highest BCUT2D eigenvalue weighted by atomic mass is 79.9. The van der Waals surface area contributed by atoms with E-state index in [4.69, 9.17) is 0 Å². The summed E-state index contributed by atoms with van der Waals surface area (Å²) in [5.74, 6) is 0.382. The van der Waals surface area contributed by atoms with Gasteiger partial charge in [-0.2, -0.15) is 0 Å². The van der Waals surface area contributed by atoms with E-state index in [1.165, 1.54) is 24.3 Å². The molecule has 1 amide bonds. The third-order valence-electron chi connectivity index (χ3n) is 3.75. The van der Waals surface area contributed by atoms with Crippen LogP contribution in [-0.2, 0) is 10.0 Å². The number of anilines is 2. The van der Waals surface area contributed by atoms with Crippen LogP contribution in [0.15, 0.2) is 64.0 Å². The lowest BCUT2D eigenvalue weighted by atomic mass is 10.2. The van der Waals surface area contributed by atoms with Crippen molar-refractivity contribution >= 4 is 43.4 Å². The first-order valence-electron chi connectivity index (χ1n) is 8.26. The lowest BCUT2D eigenvalue weighted by molar-refractivity contribution is 0.102. The predicted octanol–water partition coefficient (Wildman–Crippen LogP) is 3.91. The highest BCUT2D eigenvalue weighted by Crippen LogP contribution is 2.20. The quantitative estimate of drug-likeness (QED) is 0.600. The van der Waals surface area contributed by atoms with E-state index in [1.54, 1.807) is 38.1 Å². The Balaban J connectivity index is 1.76. The van der Waals surface area contributed by atoms with Gasteiger partial charge in [0, 0.05) is 21.9 Å². The van der Waals surface area contributed by atoms with Gasteiger partial charge in [-0.25, -0.2) is 18.4 Å². The summed E-state index contributed by atoms with van der Waals surface area (Å²) >= 11 is 3.33. The highest BCUT2D eigenvalue weighted by molar-refractivity contribution is 9.10. The Morgan fingerprint density at radius 2 is 1.68 bits per heavy atom. The minimum atomic E-state index is -3.81. The Morgan fingerprint density at radius 3 is 2.32 bits per heavy atom. The molecule has 0 saturated carbocycles. The second-order valence-corrected chi connectivity index (χ2v) is 8.54. The first kappa shape index (κ1) is 20.0. The molecule has 0 fully saturated rings. The molecule has 1 aromatic heterocycles. The zero-order valence-electron chi connectivity index (χ0n) is 15.1. The minimum Gasteiger partial charge on any atom is -0.322 e. The van der Waals surface area contributed by atoms with E-state index in [-0.39, 0.29) is 16.6 Å². The van der Waals surface area contributed by atoms with Crippen molar-refractivity contribution in [2.24, 2.45) is 0 Å². The fraction of sp³-hybridized carbons (Fsp3) is 0.105. The van der Waals surface area contributed by atoms with Gasteiger partial charge in [0.05, 0.1) is 10.5 Å². The van der Waals surface area contributed by atoms with Crippen LogP contribution >= 0.6 is 15.9 Å². The van der Waals surface area contributed by atoms with E-state index >= 15 is 0 Å². The number of nitrogens with one attached hydrogen (secondary N) is 2. The number of aromatic nitrogens is 2. The molecule has 2 N–H and O–H groups in total. The Morgan fingerprint density at radius 1 is 1.00 bits per heavy atom. The number of carbonyl (C=O) groups excluding carboxylic acids is 1. The molecule has 3 aromatic rings. The molecule has 0 aliphatic rings. The van der Waals surface area contributed by atoms with Crippen LogP contribution in [0.3, 0.4) is 0 Å². The van der Waals surface area contributed by atoms with Crippen molar-refractivity contribution in [3.63, 3.8) is 0 Å². The van der Waals surface area contributed by atoms with Crippen molar-refractivity contribution in [3.05, 3.63) is 76.2 Å². The van der Waals surface area contributed by atoms with Crippen molar-refractivity contribution in [3.8, 4) is 0 Å². The maximum absolute atomic E-state index is 12.6. The van der Waals surface area contributed by atoms with E-state index in [9.17, 15) is 13.2 Å². The summed E-state index contributed by atoms with van der Waals surface area (Å²) in [4.78, 5) is 20.6. The largest absolute Gasteiger partial charge is 0.322 e. The number of sulfonamides is 1. The molecular weight excluding hydrogens is 444 g/mol. The molecule has 0 bridgehead atoms. The maximum Gasteiger partial charge on any atom is 0.263 e. The summed E-state index contributed by atoms with van der Waals surface area (Å²) in [6.45, 7) is 3.45. The molecule has 3 rings (SSSR count). The summed E-state index contributed by atoms with van der Waals surface area (Å²) in [6.07, 6.45) is 0. The molecule has 144 valence electrons. The van der Waals surface area contributed by atoms with Crippen LogP contribution in [0.1, 0.15) is 21.9 Å². The van der Waals surface area contributed by atoms with Crippen molar-refractivity contribution < 1.29 is 13.2 Å². The van der Waals surface area contributed by atoms with Crippen LogP contribution in [0.25, 0.3) is 0 Å². The van der Waals surface area contributed by atoms with Gasteiger partial charge in [0.25, 0.3) is 15.9 Å². The standard InChI is InChI=1S/C19H17BrN4O3S/c1-12-11-18(22-13(2)21-12)24-28(26,27)15-9-7-14(8-10-15)23-19(25)16-5-3-4-6-17(16)20/h3-11H,1-2H3,(H,23,25)(H,21,22,24). The molecule has 0 aliphatic heterocycles. The molecule has 0 saturated heterocycles. The van der Waals surface area contributed by atoms with Gasteiger partial charge in [0.1, 0.15) is 11.6 Å². The molecule has 9 heteroatoms. The van der Waals surface area contributed by atoms with Crippen molar-refractivity contribution in [1.82, 2.24) is 9.97 Å². The molecule has 0 aliphatic carbocycles. The lowest BCUT2D eigenvalue weighted by Crippen LogP contribution is -2.15. The average molecular weight is 461 g/mol. The molecule has 0 atom stereocenters. The van der Waals surface area contributed by atoms with Gasteiger partial charge in [-0.1, -0.05) is 12.1 Å². The lowest BCUT2D eigenvalue weighted by Gasteiger charge is -2.10. The Kier molecular flexibility index (Phi) is 5.76. The van der Waals surface area contributed by atoms with Gasteiger partial charge in [-0.05, 0) is 66.2 Å². The first-order valence-corrected chi connectivity index (χ1v) is 10.5. The second kappa shape index (κ2) is 8.07. The van der Waals surface area contributed by atoms with Crippen LogP contribution in [-0.4, -0.2) is 24.3 Å². The smallest absolute Gasteiger partial charge is 0.263 e. The number of hydrogen-bond donors (Lipinski definition) is 2. The molecule has 0 spiro atoms. The zero-order chi connectivity index (χ0) is 20.3. The summed E-state index contributed by atoms with van der Waals surface area (Å²) in [5.41, 5.74) is 1.62. The number of rotatable bonds is 5. The van der Waals surface area contributed by atoms with Gasteiger partial charge in [-0.3, -0.25) is 9.52 Å². The Hall–Kier alpha value is -2.78. The Labute approximate surface area is 171 Å². The second-order valence-electron chi connectivity index (χ2n) is 6.01. The molecule has 1 heterocycles. The van der Waals surface area contributed by atoms with Gasteiger partial charge in [0.2, 0.25) is 0 Å². The third-order valence-corrected chi connectivity index (χ3v) is 5.81. The number of aryl methyl sites for hydroxylation is 2. The summed E-state index contributed by atoms with van der Waals surface area (Å²) in [7, 11) is -3.81. The number of amides is 1. The summed E-state index contributed by atoms with van der Waals surface area (Å²) in [6, 6.07) is 14.5. The van der Waals surface area contributed by atoms with Crippen LogP contribution in [0.4, 0.5) is 11.5 Å². The third kappa shape index (κ3) is 4.73. The van der Waals surface area contributed by atoms with Crippen LogP contribution < -0.4 is 10.0 Å². The molecule has 0 unspecified atom stereocenters. The SMILES string of the molecule is Cc1cc(NS(=O)(=O)c2ccc(NC(=O)c3ccccc3Br)cc2)nc(C)n1. The molecule has 0 radical (unpaired) electrons. The minimum absolute atomic E-state index is 0.0558. The molecule has 2 aromatic carbocycles.